The van der Waals surface area contributed by atoms with E-state index < -0.39 is 23.4 Å². The van der Waals surface area contributed by atoms with Crippen molar-refractivity contribution in [2.24, 2.45) is 11.3 Å². The van der Waals surface area contributed by atoms with Crippen LogP contribution in [0.25, 0.3) is 0 Å². The highest BCUT2D eigenvalue weighted by Gasteiger charge is 2.65. The van der Waals surface area contributed by atoms with Gasteiger partial charge in [-0.25, -0.2) is 0 Å². The maximum Gasteiger partial charge on any atom is 0.325 e. The van der Waals surface area contributed by atoms with Crippen LogP contribution in [0, 0.1) is 11.3 Å². The van der Waals surface area contributed by atoms with Crippen molar-refractivity contribution >= 4 is 11.9 Å². The van der Waals surface area contributed by atoms with E-state index in [9.17, 15) is 9.59 Å². The van der Waals surface area contributed by atoms with E-state index in [-0.39, 0.29) is 5.92 Å². The lowest BCUT2D eigenvalue weighted by atomic mass is 9.68. The van der Waals surface area contributed by atoms with Crippen LogP contribution < -0.4 is 0 Å². The third-order valence-corrected chi connectivity index (χ3v) is 6.08. The summed E-state index contributed by atoms with van der Waals surface area (Å²) in [6.07, 6.45) is 7.48. The first-order valence-corrected chi connectivity index (χ1v) is 9.65. The summed E-state index contributed by atoms with van der Waals surface area (Å²) >= 11 is 0. The van der Waals surface area contributed by atoms with Gasteiger partial charge in [0, 0.05) is 12.5 Å². The summed E-state index contributed by atoms with van der Waals surface area (Å²) in [4.78, 5) is 28.4. The Kier molecular flexibility index (Phi) is 6.00. The van der Waals surface area contributed by atoms with Gasteiger partial charge in [0.05, 0.1) is 20.3 Å². The highest BCUT2D eigenvalue weighted by molar-refractivity contribution is 6.02. The van der Waals surface area contributed by atoms with Gasteiger partial charge < -0.3 is 9.47 Å². The Morgan fingerprint density at radius 2 is 1.78 bits per heavy atom. The van der Waals surface area contributed by atoms with Gasteiger partial charge in [0.15, 0.2) is 5.41 Å². The molecule has 0 saturated carbocycles. The van der Waals surface area contributed by atoms with Crippen LogP contribution in [0.1, 0.15) is 43.7 Å². The summed E-state index contributed by atoms with van der Waals surface area (Å²) in [6, 6.07) is 9.31. The molecule has 1 fully saturated rings. The molecule has 1 heterocycles. The lowest BCUT2D eigenvalue weighted by Crippen LogP contribution is -2.49. The molecule has 0 radical (unpaired) electrons. The predicted octanol–water partition coefficient (Wildman–Crippen LogP) is 3.51. The first kappa shape index (κ1) is 19.6. The maximum absolute atomic E-state index is 13.1. The van der Waals surface area contributed by atoms with Gasteiger partial charge in [-0.1, -0.05) is 42.0 Å². The van der Waals surface area contributed by atoms with Crippen LogP contribution in [-0.2, 0) is 19.1 Å². The molecule has 1 aliphatic heterocycles. The van der Waals surface area contributed by atoms with Crippen molar-refractivity contribution in [3.8, 4) is 0 Å². The van der Waals surface area contributed by atoms with Crippen molar-refractivity contribution in [1.29, 1.82) is 0 Å². The van der Waals surface area contributed by atoms with Gasteiger partial charge in [-0.3, -0.25) is 14.5 Å². The van der Waals surface area contributed by atoms with E-state index >= 15 is 0 Å². The molecule has 2 atom stereocenters. The topological polar surface area (TPSA) is 55.8 Å². The Morgan fingerprint density at radius 3 is 2.33 bits per heavy atom. The molecule has 3 rings (SSSR count). The Morgan fingerprint density at radius 1 is 1.11 bits per heavy atom. The number of hydrogen-bond donors (Lipinski definition) is 0. The number of carbonyl (C=O) groups is 2. The van der Waals surface area contributed by atoms with Gasteiger partial charge in [-0.2, -0.15) is 0 Å². The number of methoxy groups -OCH3 is 2. The largest absolute Gasteiger partial charge is 0.468 e. The number of allylic oxidation sites excluding steroid dienone is 2. The van der Waals surface area contributed by atoms with Crippen molar-refractivity contribution in [3.63, 3.8) is 0 Å². The SMILES string of the molecule is COC(=O)C1(C(=O)OC)[C@H](CC2=CCCCC2)CN(C)[C@H]1c1ccccc1. The minimum absolute atomic E-state index is 0.183. The molecule has 1 aromatic rings. The normalized spacial score (nSPS) is 24.9. The zero-order valence-corrected chi connectivity index (χ0v) is 16.4. The van der Waals surface area contributed by atoms with Crippen LogP contribution in [-0.4, -0.2) is 44.7 Å². The van der Waals surface area contributed by atoms with Gasteiger partial charge in [-0.05, 0) is 44.7 Å². The van der Waals surface area contributed by atoms with E-state index in [0.717, 1.165) is 24.8 Å². The first-order chi connectivity index (χ1) is 13.1. The Bertz CT molecular complexity index is 696. The quantitative estimate of drug-likeness (QED) is 0.450. The van der Waals surface area contributed by atoms with Crippen LogP contribution in [0.5, 0.6) is 0 Å². The van der Waals surface area contributed by atoms with Gasteiger partial charge in [-0.15, -0.1) is 0 Å². The zero-order valence-electron chi connectivity index (χ0n) is 16.4. The van der Waals surface area contributed by atoms with E-state index in [1.54, 1.807) is 0 Å². The number of nitrogens with zero attached hydrogens (tertiary/aromatic N) is 1. The number of esters is 2. The highest BCUT2D eigenvalue weighted by atomic mass is 16.5. The molecule has 1 aromatic carbocycles. The monoisotopic (exact) mass is 371 g/mol. The van der Waals surface area contributed by atoms with Crippen molar-refractivity contribution in [3.05, 3.63) is 47.5 Å². The van der Waals surface area contributed by atoms with Crippen LogP contribution in [0.4, 0.5) is 0 Å². The van der Waals surface area contributed by atoms with Crippen LogP contribution >= 0.6 is 0 Å². The third kappa shape index (κ3) is 3.41. The molecule has 146 valence electrons. The molecule has 1 aliphatic carbocycles. The Balaban J connectivity index is 2.10. The lowest BCUT2D eigenvalue weighted by Gasteiger charge is -2.36. The maximum atomic E-state index is 13.1. The third-order valence-electron chi connectivity index (χ3n) is 6.08. The van der Waals surface area contributed by atoms with Crippen molar-refractivity contribution < 1.29 is 19.1 Å². The fourth-order valence-corrected chi connectivity index (χ4v) is 4.93. The lowest BCUT2D eigenvalue weighted by molar-refractivity contribution is -0.174. The van der Waals surface area contributed by atoms with E-state index in [0.29, 0.717) is 6.54 Å². The predicted molar refractivity (Wildman–Crippen MR) is 103 cm³/mol. The molecule has 5 nitrogen and oxygen atoms in total. The standard InChI is InChI=1S/C22H29NO4/c1-23-15-18(14-16-10-6-4-7-11-16)22(20(24)26-2,21(25)27-3)19(23)17-12-8-5-9-13-17/h5,8-10,12-13,18-19H,4,6-7,11,14-15H2,1-3H3/t18-,19+/m1/s1. The van der Waals surface area contributed by atoms with Crippen LogP contribution in [0.15, 0.2) is 42.0 Å². The number of carbonyl (C=O) groups excluding carboxylic acids is 2. The van der Waals surface area contributed by atoms with Gasteiger partial charge >= 0.3 is 11.9 Å². The van der Waals surface area contributed by atoms with E-state index in [1.807, 2.05) is 37.4 Å². The smallest absolute Gasteiger partial charge is 0.325 e. The van der Waals surface area contributed by atoms with Gasteiger partial charge in [0.25, 0.3) is 0 Å². The summed E-state index contributed by atoms with van der Waals surface area (Å²) in [6.45, 7) is 0.640. The molecule has 0 bridgehead atoms. The number of likely N-dealkylation sites (tertiary alicyclic amines) is 1. The molecule has 5 heteroatoms. The number of benzene rings is 1. The molecule has 0 aromatic heterocycles. The Labute approximate surface area is 161 Å². The first-order valence-electron chi connectivity index (χ1n) is 9.65. The summed E-state index contributed by atoms with van der Waals surface area (Å²) in [7, 11) is 4.67. The zero-order chi connectivity index (χ0) is 19.4. The van der Waals surface area contributed by atoms with Crippen molar-refractivity contribution in [1.82, 2.24) is 4.90 Å². The van der Waals surface area contributed by atoms with E-state index in [4.69, 9.17) is 9.47 Å². The summed E-state index contributed by atoms with van der Waals surface area (Å²) in [5.74, 6) is -1.19. The molecular formula is C22H29NO4. The summed E-state index contributed by atoms with van der Waals surface area (Å²) in [5, 5.41) is 0. The number of ether oxygens (including phenoxy) is 2. The molecule has 0 amide bonds. The summed E-state index contributed by atoms with van der Waals surface area (Å²) < 4.78 is 10.4. The van der Waals surface area contributed by atoms with Gasteiger partial charge in [0.2, 0.25) is 0 Å². The fraction of sp³-hybridized carbons (Fsp3) is 0.545. The second kappa shape index (κ2) is 8.26. The molecule has 2 aliphatic rings. The minimum atomic E-state index is -1.36. The number of rotatable bonds is 5. The van der Waals surface area contributed by atoms with Crippen molar-refractivity contribution in [2.75, 3.05) is 27.8 Å². The minimum Gasteiger partial charge on any atom is -0.468 e. The van der Waals surface area contributed by atoms with E-state index in [2.05, 4.69) is 11.0 Å². The van der Waals surface area contributed by atoms with Crippen LogP contribution in [0.2, 0.25) is 0 Å². The molecule has 0 unspecified atom stereocenters. The van der Waals surface area contributed by atoms with E-state index in [1.165, 1.54) is 32.6 Å². The highest BCUT2D eigenvalue weighted by Crippen LogP contribution is 2.54. The molecule has 1 saturated heterocycles. The van der Waals surface area contributed by atoms with Gasteiger partial charge in [0.1, 0.15) is 0 Å². The molecular weight excluding hydrogens is 342 g/mol. The molecule has 0 spiro atoms. The second-order valence-electron chi connectivity index (χ2n) is 7.61. The number of hydrogen-bond acceptors (Lipinski definition) is 5. The summed E-state index contributed by atoms with van der Waals surface area (Å²) in [5.41, 5.74) is 0.902. The second-order valence-corrected chi connectivity index (χ2v) is 7.61. The molecule has 0 N–H and O–H groups in total. The van der Waals surface area contributed by atoms with Crippen LogP contribution in [0.3, 0.4) is 0 Å². The average Bonchev–Trinajstić information content (AvgIpc) is 3.00. The Hall–Kier alpha value is -2.14. The average molecular weight is 371 g/mol. The van der Waals surface area contributed by atoms with Crippen molar-refractivity contribution in [2.45, 2.75) is 38.1 Å². The fourth-order valence-electron chi connectivity index (χ4n) is 4.93. The molecule has 27 heavy (non-hydrogen) atoms.